The Kier molecular flexibility index (Phi) is 4.95. The minimum atomic E-state index is -4.01. The summed E-state index contributed by atoms with van der Waals surface area (Å²) in [7, 11) is -2.59. The molecule has 1 aliphatic rings. The maximum absolute atomic E-state index is 13.9. The molecule has 0 aromatic heterocycles. The monoisotopic (exact) mass is 318 g/mol. The number of nitrogens with one attached hydrogen (secondary N) is 1. The number of nitrogens with zero attached hydrogens (tertiary/aromatic N) is 1. The van der Waals surface area contributed by atoms with Crippen LogP contribution < -0.4 is 5.32 Å². The Morgan fingerprint density at radius 2 is 2.00 bits per heavy atom. The number of halogens is 2. The van der Waals surface area contributed by atoms with Gasteiger partial charge in [-0.25, -0.2) is 17.2 Å². The molecule has 1 aromatic rings. The van der Waals surface area contributed by atoms with Crippen molar-refractivity contribution >= 4 is 10.0 Å². The Morgan fingerprint density at radius 3 is 2.52 bits per heavy atom. The van der Waals surface area contributed by atoms with Gasteiger partial charge in [0.25, 0.3) is 0 Å². The number of benzene rings is 1. The van der Waals surface area contributed by atoms with E-state index in [1.54, 1.807) is 0 Å². The number of sulfonamides is 1. The smallest absolute Gasteiger partial charge is 0.246 e. The quantitative estimate of drug-likeness (QED) is 0.875. The third kappa shape index (κ3) is 3.25. The molecule has 0 unspecified atom stereocenters. The van der Waals surface area contributed by atoms with Crippen LogP contribution in [-0.2, 0) is 16.6 Å². The molecule has 0 heterocycles. The lowest BCUT2D eigenvalue weighted by Crippen LogP contribution is -2.41. The fourth-order valence-corrected chi connectivity index (χ4v) is 3.82. The fraction of sp³-hybridized carbons (Fsp3) is 0.571. The van der Waals surface area contributed by atoms with Gasteiger partial charge in [-0.3, -0.25) is 0 Å². The number of rotatable bonds is 6. The van der Waals surface area contributed by atoms with Crippen LogP contribution >= 0.6 is 0 Å². The lowest BCUT2D eigenvalue weighted by Gasteiger charge is -2.33. The molecule has 0 amide bonds. The third-order valence-corrected chi connectivity index (χ3v) is 5.79. The van der Waals surface area contributed by atoms with Crippen LogP contribution in [0.4, 0.5) is 8.78 Å². The molecule has 0 spiro atoms. The Balaban J connectivity index is 2.38. The maximum Gasteiger partial charge on any atom is 0.246 e. The molecule has 1 fully saturated rings. The molecule has 0 saturated heterocycles. The molecule has 0 bridgehead atoms. The van der Waals surface area contributed by atoms with Crippen LogP contribution in [0.5, 0.6) is 0 Å². The largest absolute Gasteiger partial charge is 0.313 e. The summed E-state index contributed by atoms with van der Waals surface area (Å²) < 4.78 is 53.7. The van der Waals surface area contributed by atoms with Crippen molar-refractivity contribution in [3.8, 4) is 0 Å². The molecule has 7 heteroatoms. The van der Waals surface area contributed by atoms with Gasteiger partial charge in [0.05, 0.1) is 0 Å². The molecule has 1 N–H and O–H groups in total. The first-order valence-corrected chi connectivity index (χ1v) is 8.48. The van der Waals surface area contributed by atoms with Crippen molar-refractivity contribution in [2.24, 2.45) is 0 Å². The Morgan fingerprint density at radius 1 is 1.33 bits per heavy atom. The topological polar surface area (TPSA) is 49.4 Å². The van der Waals surface area contributed by atoms with Crippen LogP contribution in [0, 0.1) is 11.6 Å². The molecule has 1 aromatic carbocycles. The standard InChI is InChI=1S/C14H20F2N2O2S/c1-3-17-9-10-7-12(15)14(16)13(8-10)21(19,20)18(2)11-5-4-6-11/h7-8,11,17H,3-6,9H2,1-2H3. The van der Waals surface area contributed by atoms with Crippen molar-refractivity contribution in [2.45, 2.75) is 43.7 Å². The van der Waals surface area contributed by atoms with Gasteiger partial charge in [0.1, 0.15) is 4.90 Å². The highest BCUT2D eigenvalue weighted by Gasteiger charge is 2.34. The van der Waals surface area contributed by atoms with E-state index in [0.717, 1.165) is 29.6 Å². The van der Waals surface area contributed by atoms with Crippen LogP contribution in [0.25, 0.3) is 0 Å². The first-order chi connectivity index (χ1) is 9.87. The molecule has 21 heavy (non-hydrogen) atoms. The van der Waals surface area contributed by atoms with E-state index in [9.17, 15) is 17.2 Å². The molecule has 0 aliphatic heterocycles. The highest BCUT2D eigenvalue weighted by Crippen LogP contribution is 2.30. The van der Waals surface area contributed by atoms with Crippen molar-refractivity contribution in [3.63, 3.8) is 0 Å². The zero-order valence-corrected chi connectivity index (χ0v) is 13.0. The van der Waals surface area contributed by atoms with E-state index in [-0.39, 0.29) is 6.04 Å². The maximum atomic E-state index is 13.9. The number of hydrogen-bond donors (Lipinski definition) is 1. The SMILES string of the molecule is CCNCc1cc(F)c(F)c(S(=O)(=O)N(C)C2CCC2)c1. The Labute approximate surface area is 124 Å². The summed E-state index contributed by atoms with van der Waals surface area (Å²) in [5, 5.41) is 2.97. The van der Waals surface area contributed by atoms with Gasteiger partial charge < -0.3 is 5.32 Å². The van der Waals surface area contributed by atoms with E-state index in [0.29, 0.717) is 18.7 Å². The van der Waals surface area contributed by atoms with Gasteiger partial charge in [-0.05, 0) is 37.1 Å². The third-order valence-electron chi connectivity index (χ3n) is 3.88. The van der Waals surface area contributed by atoms with Crippen molar-refractivity contribution in [1.82, 2.24) is 9.62 Å². The molecule has 4 nitrogen and oxygen atoms in total. The summed E-state index contributed by atoms with van der Waals surface area (Å²) in [4.78, 5) is -0.579. The van der Waals surface area contributed by atoms with Gasteiger partial charge in [0, 0.05) is 19.6 Å². The van der Waals surface area contributed by atoms with Crippen molar-refractivity contribution in [1.29, 1.82) is 0 Å². The second-order valence-corrected chi connectivity index (χ2v) is 7.24. The van der Waals surface area contributed by atoms with Gasteiger partial charge in [-0.2, -0.15) is 4.31 Å². The number of hydrogen-bond acceptors (Lipinski definition) is 3. The van der Waals surface area contributed by atoms with Gasteiger partial charge in [-0.15, -0.1) is 0 Å². The van der Waals surface area contributed by atoms with Gasteiger partial charge >= 0.3 is 0 Å². The summed E-state index contributed by atoms with van der Waals surface area (Å²) in [6.45, 7) is 2.83. The second-order valence-electron chi connectivity index (χ2n) is 5.28. The summed E-state index contributed by atoms with van der Waals surface area (Å²) in [5.41, 5.74) is 0.413. The molecule has 0 radical (unpaired) electrons. The summed E-state index contributed by atoms with van der Waals surface area (Å²) in [6.07, 6.45) is 2.48. The van der Waals surface area contributed by atoms with E-state index < -0.39 is 26.6 Å². The molecular formula is C14H20F2N2O2S. The summed E-state index contributed by atoms with van der Waals surface area (Å²) in [5.74, 6) is -2.44. The van der Waals surface area contributed by atoms with E-state index in [1.807, 2.05) is 6.92 Å². The first-order valence-electron chi connectivity index (χ1n) is 7.04. The normalized spacial score (nSPS) is 16.2. The molecule has 118 valence electrons. The minimum Gasteiger partial charge on any atom is -0.313 e. The molecule has 1 aliphatic carbocycles. The summed E-state index contributed by atoms with van der Waals surface area (Å²) in [6, 6.07) is 2.13. The predicted molar refractivity (Wildman–Crippen MR) is 76.3 cm³/mol. The van der Waals surface area contributed by atoms with Gasteiger partial charge in [-0.1, -0.05) is 13.3 Å². The Bertz CT molecular complexity index is 616. The van der Waals surface area contributed by atoms with Crippen LogP contribution in [0.2, 0.25) is 0 Å². The molecule has 2 rings (SSSR count). The van der Waals surface area contributed by atoms with Gasteiger partial charge in [0.15, 0.2) is 11.6 Å². The lowest BCUT2D eigenvalue weighted by atomic mass is 9.94. The molecular weight excluding hydrogens is 298 g/mol. The van der Waals surface area contributed by atoms with Crippen LogP contribution in [0.3, 0.4) is 0 Å². The summed E-state index contributed by atoms with van der Waals surface area (Å²) >= 11 is 0. The van der Waals surface area contributed by atoms with Crippen molar-refractivity contribution < 1.29 is 17.2 Å². The van der Waals surface area contributed by atoms with E-state index in [1.165, 1.54) is 13.1 Å². The predicted octanol–water partition coefficient (Wildman–Crippen LogP) is 2.25. The average Bonchev–Trinajstić information content (AvgIpc) is 2.37. The lowest BCUT2D eigenvalue weighted by molar-refractivity contribution is 0.249. The average molecular weight is 318 g/mol. The first kappa shape index (κ1) is 16.3. The van der Waals surface area contributed by atoms with E-state index >= 15 is 0 Å². The molecule has 1 saturated carbocycles. The Hall–Kier alpha value is -1.05. The fourth-order valence-electron chi connectivity index (χ4n) is 2.28. The van der Waals surface area contributed by atoms with E-state index in [4.69, 9.17) is 0 Å². The zero-order valence-electron chi connectivity index (χ0n) is 12.2. The van der Waals surface area contributed by atoms with Crippen LogP contribution in [0.15, 0.2) is 17.0 Å². The van der Waals surface area contributed by atoms with E-state index in [2.05, 4.69) is 5.32 Å². The van der Waals surface area contributed by atoms with Crippen molar-refractivity contribution in [3.05, 3.63) is 29.3 Å². The zero-order chi connectivity index (χ0) is 15.6. The second kappa shape index (κ2) is 6.37. The van der Waals surface area contributed by atoms with Gasteiger partial charge in [0.2, 0.25) is 10.0 Å². The highest BCUT2D eigenvalue weighted by molar-refractivity contribution is 7.89. The molecule has 0 atom stereocenters. The van der Waals surface area contributed by atoms with Crippen LogP contribution in [0.1, 0.15) is 31.7 Å². The highest BCUT2D eigenvalue weighted by atomic mass is 32.2. The minimum absolute atomic E-state index is 0.116. The van der Waals surface area contributed by atoms with Crippen molar-refractivity contribution in [2.75, 3.05) is 13.6 Å². The van der Waals surface area contributed by atoms with Crippen LogP contribution in [-0.4, -0.2) is 32.4 Å².